The maximum atomic E-state index is 12.0. The number of amides is 2. The molecule has 2 N–H and O–H groups in total. The zero-order chi connectivity index (χ0) is 15.1. The highest BCUT2D eigenvalue weighted by Gasteiger charge is 2.34. The van der Waals surface area contributed by atoms with E-state index in [2.05, 4.69) is 5.32 Å². The molecule has 0 saturated carbocycles. The Balaban J connectivity index is 2.00. The highest BCUT2D eigenvalue weighted by molar-refractivity contribution is 6.42. The molecular formula is C13H13Cl2N3O3. The number of carbonyl (C=O) groups is 2. The quantitative estimate of drug-likeness (QED) is 0.767. The summed E-state index contributed by atoms with van der Waals surface area (Å²) in [6.45, 7) is 1.19. The van der Waals surface area contributed by atoms with Crippen molar-refractivity contribution in [1.29, 1.82) is 0 Å². The van der Waals surface area contributed by atoms with Crippen LogP contribution < -0.4 is 10.2 Å². The topological polar surface area (TPSA) is 72.9 Å². The SMILES string of the molecule is O=C1CC2CN(C(=O)O)CCN2c2cc(Cl)c(Cl)cc2N1. The van der Waals surface area contributed by atoms with Crippen LogP contribution in [-0.2, 0) is 4.79 Å². The van der Waals surface area contributed by atoms with E-state index in [1.165, 1.54) is 4.90 Å². The van der Waals surface area contributed by atoms with E-state index in [9.17, 15) is 9.59 Å². The Bertz CT molecular complexity index is 623. The molecule has 1 saturated heterocycles. The van der Waals surface area contributed by atoms with Crippen molar-refractivity contribution in [3.05, 3.63) is 22.2 Å². The van der Waals surface area contributed by atoms with E-state index < -0.39 is 6.09 Å². The Hall–Kier alpha value is -1.66. The van der Waals surface area contributed by atoms with Crippen molar-refractivity contribution in [1.82, 2.24) is 4.90 Å². The minimum atomic E-state index is -0.964. The molecule has 2 heterocycles. The number of nitrogens with zero attached hydrogens (tertiary/aromatic N) is 2. The van der Waals surface area contributed by atoms with Crippen LogP contribution in [0.15, 0.2) is 12.1 Å². The highest BCUT2D eigenvalue weighted by atomic mass is 35.5. The molecule has 6 nitrogen and oxygen atoms in total. The van der Waals surface area contributed by atoms with Gasteiger partial charge in [-0.2, -0.15) is 0 Å². The first kappa shape index (κ1) is 14.3. The molecule has 112 valence electrons. The average Bonchev–Trinajstić information content (AvgIpc) is 2.54. The predicted molar refractivity (Wildman–Crippen MR) is 80.4 cm³/mol. The molecule has 8 heteroatoms. The predicted octanol–water partition coefficient (Wildman–Crippen LogP) is 2.50. The molecule has 0 aliphatic carbocycles. The van der Waals surface area contributed by atoms with E-state index in [0.29, 0.717) is 35.4 Å². The Morgan fingerprint density at radius 1 is 1.29 bits per heavy atom. The summed E-state index contributed by atoms with van der Waals surface area (Å²) < 4.78 is 0. The fraction of sp³-hybridized carbons (Fsp3) is 0.385. The van der Waals surface area contributed by atoms with Gasteiger partial charge in [0, 0.05) is 26.1 Å². The number of carboxylic acid groups (broad SMARTS) is 1. The van der Waals surface area contributed by atoms with Gasteiger partial charge in [-0.3, -0.25) is 4.79 Å². The molecule has 1 aromatic carbocycles. The van der Waals surface area contributed by atoms with Gasteiger partial charge in [-0.25, -0.2) is 4.79 Å². The van der Waals surface area contributed by atoms with Crippen LogP contribution in [-0.4, -0.2) is 47.7 Å². The molecule has 0 spiro atoms. The standard InChI is InChI=1S/C13H13Cl2N3O3/c14-8-4-10-11(5-9(8)15)18-2-1-17(13(20)21)6-7(18)3-12(19)16-10/h4-5,7H,1-3,6H2,(H,16,19)(H,20,21). The minimum absolute atomic E-state index is 0.158. The Kier molecular flexibility index (Phi) is 3.59. The summed E-state index contributed by atoms with van der Waals surface area (Å²) in [7, 11) is 0. The summed E-state index contributed by atoms with van der Waals surface area (Å²) in [5, 5.41) is 12.7. The molecule has 1 unspecified atom stereocenters. The van der Waals surface area contributed by atoms with Crippen molar-refractivity contribution in [2.24, 2.45) is 0 Å². The normalized spacial score (nSPS) is 21.2. The van der Waals surface area contributed by atoms with Crippen LogP contribution in [0.2, 0.25) is 10.0 Å². The van der Waals surface area contributed by atoms with Crippen molar-refractivity contribution in [3.63, 3.8) is 0 Å². The lowest BCUT2D eigenvalue weighted by Crippen LogP contribution is -2.54. The smallest absolute Gasteiger partial charge is 0.407 e. The average molecular weight is 330 g/mol. The number of hydrogen-bond donors (Lipinski definition) is 2. The third-order valence-electron chi connectivity index (χ3n) is 3.80. The minimum Gasteiger partial charge on any atom is -0.465 e. The molecule has 1 fully saturated rings. The number of halogens is 2. The molecule has 2 aliphatic rings. The molecule has 2 aliphatic heterocycles. The first-order valence-corrected chi connectivity index (χ1v) is 7.24. The number of rotatable bonds is 0. The van der Waals surface area contributed by atoms with E-state index in [0.717, 1.165) is 5.69 Å². The van der Waals surface area contributed by atoms with Crippen LogP contribution in [0, 0.1) is 0 Å². The second-order valence-corrected chi connectivity index (χ2v) is 5.93. The lowest BCUT2D eigenvalue weighted by Gasteiger charge is -2.40. The number of anilines is 2. The Morgan fingerprint density at radius 2 is 2.00 bits per heavy atom. The molecule has 0 aromatic heterocycles. The van der Waals surface area contributed by atoms with E-state index >= 15 is 0 Å². The van der Waals surface area contributed by atoms with Gasteiger partial charge in [0.05, 0.1) is 27.5 Å². The second kappa shape index (κ2) is 5.27. The van der Waals surface area contributed by atoms with Crippen LogP contribution in [0.4, 0.5) is 16.2 Å². The van der Waals surface area contributed by atoms with Crippen molar-refractivity contribution < 1.29 is 14.7 Å². The van der Waals surface area contributed by atoms with E-state index in [-0.39, 0.29) is 18.4 Å². The third-order valence-corrected chi connectivity index (χ3v) is 4.52. The number of benzene rings is 1. The fourth-order valence-corrected chi connectivity index (χ4v) is 3.13. The number of piperazine rings is 1. The first-order valence-electron chi connectivity index (χ1n) is 6.49. The van der Waals surface area contributed by atoms with Gasteiger partial charge in [-0.1, -0.05) is 23.2 Å². The maximum Gasteiger partial charge on any atom is 0.407 e. The maximum absolute atomic E-state index is 12.0. The number of nitrogens with one attached hydrogen (secondary N) is 1. The number of carbonyl (C=O) groups excluding carboxylic acids is 1. The van der Waals surface area contributed by atoms with Gasteiger partial charge in [0.2, 0.25) is 5.91 Å². The molecule has 0 radical (unpaired) electrons. The summed E-state index contributed by atoms with van der Waals surface area (Å²) >= 11 is 12.1. The van der Waals surface area contributed by atoms with Crippen LogP contribution in [0.3, 0.4) is 0 Å². The van der Waals surface area contributed by atoms with Crippen LogP contribution in [0.5, 0.6) is 0 Å². The molecular weight excluding hydrogens is 317 g/mol. The second-order valence-electron chi connectivity index (χ2n) is 5.11. The molecule has 0 bridgehead atoms. The van der Waals surface area contributed by atoms with Crippen LogP contribution >= 0.6 is 23.2 Å². The molecule has 3 rings (SSSR count). The van der Waals surface area contributed by atoms with E-state index in [1.807, 2.05) is 4.90 Å². The zero-order valence-electron chi connectivity index (χ0n) is 11.0. The van der Waals surface area contributed by atoms with Crippen LogP contribution in [0.1, 0.15) is 6.42 Å². The molecule has 2 amide bonds. The zero-order valence-corrected chi connectivity index (χ0v) is 12.5. The number of fused-ring (bicyclic) bond motifs is 3. The van der Waals surface area contributed by atoms with E-state index in [1.54, 1.807) is 12.1 Å². The lowest BCUT2D eigenvalue weighted by molar-refractivity contribution is -0.116. The van der Waals surface area contributed by atoms with Gasteiger partial charge in [0.25, 0.3) is 0 Å². The van der Waals surface area contributed by atoms with Crippen molar-refractivity contribution >= 4 is 46.6 Å². The van der Waals surface area contributed by atoms with Gasteiger partial charge < -0.3 is 20.2 Å². The molecule has 21 heavy (non-hydrogen) atoms. The Morgan fingerprint density at radius 3 is 2.71 bits per heavy atom. The van der Waals surface area contributed by atoms with Gasteiger partial charge >= 0.3 is 6.09 Å². The van der Waals surface area contributed by atoms with Gasteiger partial charge in [0.1, 0.15) is 0 Å². The Labute approximate surface area is 131 Å². The summed E-state index contributed by atoms with van der Waals surface area (Å²) in [5.74, 6) is -0.158. The molecule has 1 atom stereocenters. The summed E-state index contributed by atoms with van der Waals surface area (Å²) in [6.07, 6.45) is -0.734. The van der Waals surface area contributed by atoms with Gasteiger partial charge in [-0.15, -0.1) is 0 Å². The van der Waals surface area contributed by atoms with Gasteiger partial charge in [-0.05, 0) is 12.1 Å². The lowest BCUT2D eigenvalue weighted by atomic mass is 10.1. The van der Waals surface area contributed by atoms with Crippen molar-refractivity contribution in [2.75, 3.05) is 29.9 Å². The van der Waals surface area contributed by atoms with Gasteiger partial charge in [0.15, 0.2) is 0 Å². The van der Waals surface area contributed by atoms with Crippen molar-refractivity contribution in [3.8, 4) is 0 Å². The van der Waals surface area contributed by atoms with Crippen LogP contribution in [0.25, 0.3) is 0 Å². The largest absolute Gasteiger partial charge is 0.465 e. The third kappa shape index (κ3) is 2.61. The van der Waals surface area contributed by atoms with E-state index in [4.69, 9.17) is 28.3 Å². The monoisotopic (exact) mass is 329 g/mol. The summed E-state index contributed by atoms with van der Waals surface area (Å²) in [4.78, 5) is 26.5. The molecule has 1 aromatic rings. The summed E-state index contributed by atoms with van der Waals surface area (Å²) in [6, 6.07) is 3.14. The summed E-state index contributed by atoms with van der Waals surface area (Å²) in [5.41, 5.74) is 1.39. The highest BCUT2D eigenvalue weighted by Crippen LogP contribution is 2.38. The fourth-order valence-electron chi connectivity index (χ4n) is 2.81. The number of hydrogen-bond acceptors (Lipinski definition) is 3. The van der Waals surface area contributed by atoms with Crippen molar-refractivity contribution in [2.45, 2.75) is 12.5 Å². The first-order chi connectivity index (χ1) is 9.95.